The largest absolute Gasteiger partial charge is 0.0613 e. The van der Waals surface area contributed by atoms with Crippen LogP contribution < -0.4 is 0 Å². The first kappa shape index (κ1) is 12.4. The van der Waals surface area contributed by atoms with Crippen LogP contribution in [0.5, 0.6) is 0 Å². The predicted octanol–water partition coefficient (Wildman–Crippen LogP) is 5.30. The molecule has 0 radical (unpaired) electrons. The second-order valence-corrected chi connectivity index (χ2v) is 5.39. The lowest BCUT2D eigenvalue weighted by atomic mass is 9.93. The first-order valence-electron chi connectivity index (χ1n) is 5.98. The summed E-state index contributed by atoms with van der Waals surface area (Å²) in [5.41, 5.74) is 6.75. The highest BCUT2D eigenvalue weighted by atomic mass is 79.9. The molecule has 1 heteroatoms. The first-order valence-corrected chi connectivity index (χ1v) is 6.77. The molecule has 0 bridgehead atoms. The second-order valence-electron chi connectivity index (χ2n) is 4.48. The standard InChI is InChI=1S/C16H17Br/c1-4-13-10-15(17)9-12(3)16(13)14-7-5-11(2)6-8-14/h5-10H,4H2,1-3H3. The molecular weight excluding hydrogens is 272 g/mol. The number of hydrogen-bond donors (Lipinski definition) is 0. The number of benzene rings is 2. The van der Waals surface area contributed by atoms with Gasteiger partial charge in [0.15, 0.2) is 0 Å². The van der Waals surface area contributed by atoms with Crippen molar-refractivity contribution in [2.75, 3.05) is 0 Å². The minimum atomic E-state index is 1.06. The van der Waals surface area contributed by atoms with Crippen LogP contribution in [0.4, 0.5) is 0 Å². The molecule has 17 heavy (non-hydrogen) atoms. The molecule has 0 aromatic heterocycles. The molecule has 0 unspecified atom stereocenters. The number of hydrogen-bond acceptors (Lipinski definition) is 0. The Morgan fingerprint density at radius 3 is 2.24 bits per heavy atom. The lowest BCUT2D eigenvalue weighted by molar-refractivity contribution is 1.13. The van der Waals surface area contributed by atoms with Crippen LogP contribution in [0.15, 0.2) is 40.9 Å². The van der Waals surface area contributed by atoms with E-state index in [2.05, 4.69) is 73.1 Å². The Morgan fingerprint density at radius 2 is 1.65 bits per heavy atom. The van der Waals surface area contributed by atoms with Crippen molar-refractivity contribution in [3.05, 3.63) is 57.6 Å². The molecule has 0 amide bonds. The van der Waals surface area contributed by atoms with Gasteiger partial charge in [0.1, 0.15) is 0 Å². The fraction of sp³-hybridized carbons (Fsp3) is 0.250. The molecule has 2 aromatic carbocycles. The second kappa shape index (κ2) is 5.05. The quantitative estimate of drug-likeness (QED) is 0.704. The molecule has 0 atom stereocenters. The summed E-state index contributed by atoms with van der Waals surface area (Å²) in [4.78, 5) is 0. The normalized spacial score (nSPS) is 10.6. The van der Waals surface area contributed by atoms with Gasteiger partial charge < -0.3 is 0 Å². The molecule has 0 saturated carbocycles. The molecule has 0 saturated heterocycles. The summed E-state index contributed by atoms with van der Waals surface area (Å²) in [5, 5.41) is 0. The van der Waals surface area contributed by atoms with Crippen molar-refractivity contribution in [1.82, 2.24) is 0 Å². The van der Waals surface area contributed by atoms with Gasteiger partial charge in [-0.25, -0.2) is 0 Å². The molecule has 0 aliphatic rings. The molecule has 0 fully saturated rings. The molecule has 0 N–H and O–H groups in total. The summed E-state index contributed by atoms with van der Waals surface area (Å²) in [5.74, 6) is 0. The molecule has 0 spiro atoms. The van der Waals surface area contributed by atoms with E-state index in [1.54, 1.807) is 0 Å². The van der Waals surface area contributed by atoms with E-state index in [4.69, 9.17) is 0 Å². The van der Waals surface area contributed by atoms with E-state index in [1.165, 1.54) is 32.3 Å². The van der Waals surface area contributed by atoms with Gasteiger partial charge in [0, 0.05) is 4.47 Å². The van der Waals surface area contributed by atoms with Crippen LogP contribution in [0.1, 0.15) is 23.6 Å². The molecule has 0 nitrogen and oxygen atoms in total. The third-order valence-electron chi connectivity index (χ3n) is 3.10. The number of halogens is 1. The first-order chi connectivity index (χ1) is 8.11. The highest BCUT2D eigenvalue weighted by molar-refractivity contribution is 9.10. The number of aryl methyl sites for hydroxylation is 3. The van der Waals surface area contributed by atoms with Crippen LogP contribution in [-0.2, 0) is 6.42 Å². The third kappa shape index (κ3) is 2.61. The van der Waals surface area contributed by atoms with Crippen molar-refractivity contribution in [3.63, 3.8) is 0 Å². The summed E-state index contributed by atoms with van der Waals surface area (Å²) >= 11 is 3.57. The molecule has 0 heterocycles. The van der Waals surface area contributed by atoms with Crippen molar-refractivity contribution in [2.45, 2.75) is 27.2 Å². The van der Waals surface area contributed by atoms with Gasteiger partial charge in [-0.3, -0.25) is 0 Å². The van der Waals surface area contributed by atoms with Crippen LogP contribution in [-0.4, -0.2) is 0 Å². The van der Waals surface area contributed by atoms with Crippen LogP contribution >= 0.6 is 15.9 Å². The van der Waals surface area contributed by atoms with Crippen molar-refractivity contribution < 1.29 is 0 Å². The van der Waals surface area contributed by atoms with E-state index in [9.17, 15) is 0 Å². The monoisotopic (exact) mass is 288 g/mol. The SMILES string of the molecule is CCc1cc(Br)cc(C)c1-c1ccc(C)cc1. The van der Waals surface area contributed by atoms with Gasteiger partial charge in [0.25, 0.3) is 0 Å². The Labute approximate surface area is 112 Å². The highest BCUT2D eigenvalue weighted by Gasteiger charge is 2.08. The van der Waals surface area contributed by atoms with Gasteiger partial charge in [-0.15, -0.1) is 0 Å². The van der Waals surface area contributed by atoms with E-state index in [0.29, 0.717) is 0 Å². The zero-order valence-electron chi connectivity index (χ0n) is 10.5. The van der Waals surface area contributed by atoms with Gasteiger partial charge in [-0.2, -0.15) is 0 Å². The maximum Gasteiger partial charge on any atom is 0.0181 e. The van der Waals surface area contributed by atoms with Gasteiger partial charge in [0.05, 0.1) is 0 Å². The van der Waals surface area contributed by atoms with Crippen molar-refractivity contribution in [3.8, 4) is 11.1 Å². The maximum absolute atomic E-state index is 3.57. The molecule has 2 aromatic rings. The zero-order valence-corrected chi connectivity index (χ0v) is 12.1. The summed E-state index contributed by atoms with van der Waals surface area (Å²) in [7, 11) is 0. The Morgan fingerprint density at radius 1 is 1.00 bits per heavy atom. The summed E-state index contributed by atoms with van der Waals surface area (Å²) in [6, 6.07) is 13.2. The Hall–Kier alpha value is -1.08. The summed E-state index contributed by atoms with van der Waals surface area (Å²) < 4.78 is 1.17. The molecule has 2 rings (SSSR count). The summed E-state index contributed by atoms with van der Waals surface area (Å²) in [6.45, 7) is 6.51. The molecule has 0 aliphatic carbocycles. The van der Waals surface area contributed by atoms with E-state index in [1.807, 2.05) is 0 Å². The molecule has 0 aliphatic heterocycles. The average Bonchev–Trinajstić information content (AvgIpc) is 2.30. The van der Waals surface area contributed by atoms with E-state index < -0.39 is 0 Å². The third-order valence-corrected chi connectivity index (χ3v) is 3.56. The number of rotatable bonds is 2. The molecule has 88 valence electrons. The van der Waals surface area contributed by atoms with Crippen LogP contribution in [0.25, 0.3) is 11.1 Å². The van der Waals surface area contributed by atoms with E-state index >= 15 is 0 Å². The maximum atomic E-state index is 3.57. The van der Waals surface area contributed by atoms with Gasteiger partial charge in [-0.05, 0) is 54.7 Å². The lowest BCUT2D eigenvalue weighted by Gasteiger charge is -2.13. The zero-order chi connectivity index (χ0) is 12.4. The van der Waals surface area contributed by atoms with Crippen molar-refractivity contribution >= 4 is 15.9 Å². The lowest BCUT2D eigenvalue weighted by Crippen LogP contribution is -1.92. The van der Waals surface area contributed by atoms with E-state index in [0.717, 1.165) is 6.42 Å². The van der Waals surface area contributed by atoms with Gasteiger partial charge in [0.2, 0.25) is 0 Å². The highest BCUT2D eigenvalue weighted by Crippen LogP contribution is 2.31. The topological polar surface area (TPSA) is 0 Å². The summed E-state index contributed by atoms with van der Waals surface area (Å²) in [6.07, 6.45) is 1.06. The smallest absolute Gasteiger partial charge is 0.0181 e. The van der Waals surface area contributed by atoms with Crippen molar-refractivity contribution in [1.29, 1.82) is 0 Å². The van der Waals surface area contributed by atoms with Crippen LogP contribution in [0.2, 0.25) is 0 Å². The Kier molecular flexibility index (Phi) is 3.68. The van der Waals surface area contributed by atoms with Crippen LogP contribution in [0.3, 0.4) is 0 Å². The van der Waals surface area contributed by atoms with Crippen molar-refractivity contribution in [2.24, 2.45) is 0 Å². The Balaban J connectivity index is 2.61. The minimum absolute atomic E-state index is 1.06. The molecular formula is C16H17Br. The van der Waals surface area contributed by atoms with Gasteiger partial charge >= 0.3 is 0 Å². The van der Waals surface area contributed by atoms with Crippen LogP contribution in [0, 0.1) is 13.8 Å². The predicted molar refractivity (Wildman–Crippen MR) is 78.4 cm³/mol. The van der Waals surface area contributed by atoms with E-state index in [-0.39, 0.29) is 0 Å². The Bertz CT molecular complexity index is 524. The minimum Gasteiger partial charge on any atom is -0.0613 e. The van der Waals surface area contributed by atoms with Gasteiger partial charge in [-0.1, -0.05) is 52.7 Å². The fourth-order valence-corrected chi connectivity index (χ4v) is 2.84. The fourth-order valence-electron chi connectivity index (χ4n) is 2.22. The average molecular weight is 289 g/mol.